The lowest BCUT2D eigenvalue weighted by Crippen LogP contribution is -2.37. The minimum absolute atomic E-state index is 0.134. The van der Waals surface area contributed by atoms with Crippen LogP contribution in [0.4, 0.5) is 0 Å². The molecule has 0 radical (unpaired) electrons. The molecule has 1 aliphatic carbocycles. The fraction of sp³-hybridized carbons (Fsp3) is 0.560. The highest BCUT2D eigenvalue weighted by Crippen LogP contribution is 2.46. The number of likely N-dealkylation sites (tertiary alicyclic amines) is 1. The third-order valence-corrected chi connectivity index (χ3v) is 7.05. The Morgan fingerprint density at radius 3 is 2.30 bits per heavy atom. The van der Waals surface area contributed by atoms with Crippen molar-refractivity contribution in [2.24, 2.45) is 0 Å². The van der Waals surface area contributed by atoms with E-state index < -0.39 is 0 Å². The summed E-state index contributed by atoms with van der Waals surface area (Å²) < 4.78 is 5.02. The Labute approximate surface area is 179 Å². The van der Waals surface area contributed by atoms with Crippen molar-refractivity contribution >= 4 is 5.97 Å². The van der Waals surface area contributed by atoms with Gasteiger partial charge in [-0.1, -0.05) is 37.6 Å². The number of hydrogen-bond acceptors (Lipinski definition) is 5. The summed E-state index contributed by atoms with van der Waals surface area (Å²) in [5, 5.41) is 0. The van der Waals surface area contributed by atoms with E-state index in [4.69, 9.17) is 4.74 Å². The van der Waals surface area contributed by atoms with Gasteiger partial charge >= 0.3 is 5.97 Å². The van der Waals surface area contributed by atoms with Gasteiger partial charge in [0.25, 0.3) is 0 Å². The topological polar surface area (TPSA) is 55.3 Å². The van der Waals surface area contributed by atoms with Crippen molar-refractivity contribution in [2.45, 2.75) is 63.7 Å². The van der Waals surface area contributed by atoms with Gasteiger partial charge in [-0.2, -0.15) is 0 Å². The highest BCUT2D eigenvalue weighted by molar-refractivity contribution is 5.88. The second kappa shape index (κ2) is 9.25. The number of esters is 1. The molecule has 1 saturated heterocycles. The molecular formula is C25H33N3O2. The van der Waals surface area contributed by atoms with Crippen LogP contribution >= 0.6 is 0 Å². The average molecular weight is 408 g/mol. The van der Waals surface area contributed by atoms with E-state index in [1.165, 1.54) is 56.3 Å². The van der Waals surface area contributed by atoms with E-state index >= 15 is 0 Å². The number of hydrogen-bond donors (Lipinski definition) is 0. The van der Waals surface area contributed by atoms with Gasteiger partial charge in [0.2, 0.25) is 0 Å². The van der Waals surface area contributed by atoms with Crippen molar-refractivity contribution in [3.05, 3.63) is 59.2 Å². The lowest BCUT2D eigenvalue weighted by atomic mass is 9.62. The summed E-state index contributed by atoms with van der Waals surface area (Å²) in [7, 11) is 0. The average Bonchev–Trinajstić information content (AvgIpc) is 2.77. The molecule has 0 amide bonds. The lowest BCUT2D eigenvalue weighted by molar-refractivity contribution is 0.0525. The van der Waals surface area contributed by atoms with Gasteiger partial charge in [0.15, 0.2) is 0 Å². The number of aromatic nitrogens is 2. The van der Waals surface area contributed by atoms with Gasteiger partial charge in [0.05, 0.1) is 12.2 Å². The summed E-state index contributed by atoms with van der Waals surface area (Å²) in [6.07, 6.45) is 10.1. The first-order valence-electron chi connectivity index (χ1n) is 11.4. The van der Waals surface area contributed by atoms with E-state index in [-0.39, 0.29) is 11.4 Å². The van der Waals surface area contributed by atoms with Crippen LogP contribution in [-0.4, -0.2) is 47.1 Å². The first kappa shape index (κ1) is 21.0. The zero-order valence-corrected chi connectivity index (χ0v) is 18.3. The van der Waals surface area contributed by atoms with E-state index in [1.54, 1.807) is 19.3 Å². The number of ether oxygens (including phenoxy) is 1. The van der Waals surface area contributed by atoms with Gasteiger partial charge < -0.3 is 9.64 Å². The molecule has 5 nitrogen and oxygen atoms in total. The van der Waals surface area contributed by atoms with Gasteiger partial charge in [0, 0.05) is 24.2 Å². The number of piperidine rings is 1. The zero-order valence-electron chi connectivity index (χ0n) is 18.3. The van der Waals surface area contributed by atoms with E-state index in [2.05, 4.69) is 46.1 Å². The Morgan fingerprint density at radius 2 is 1.77 bits per heavy atom. The quantitative estimate of drug-likeness (QED) is 0.632. The number of carbonyl (C=O) groups is 1. The van der Waals surface area contributed by atoms with Crippen LogP contribution in [0, 0.1) is 0 Å². The molecule has 0 spiro atoms. The zero-order chi connectivity index (χ0) is 21.0. The van der Waals surface area contributed by atoms with Crippen LogP contribution in [0.3, 0.4) is 0 Å². The molecule has 5 heteroatoms. The van der Waals surface area contributed by atoms with Gasteiger partial charge in [-0.25, -0.2) is 14.8 Å². The third-order valence-electron chi connectivity index (χ3n) is 7.05. The molecule has 0 atom stereocenters. The van der Waals surface area contributed by atoms with Crippen LogP contribution in [0.2, 0.25) is 0 Å². The number of nitrogens with zero attached hydrogens (tertiary/aromatic N) is 3. The highest BCUT2D eigenvalue weighted by atomic mass is 16.5. The summed E-state index contributed by atoms with van der Waals surface area (Å²) in [5.74, 6) is 1.14. The molecule has 1 aliphatic heterocycles. The van der Waals surface area contributed by atoms with Gasteiger partial charge in [0.1, 0.15) is 5.82 Å². The largest absolute Gasteiger partial charge is 0.462 e. The van der Waals surface area contributed by atoms with Crippen molar-refractivity contribution in [2.75, 3.05) is 26.2 Å². The predicted octanol–water partition coefficient (Wildman–Crippen LogP) is 4.52. The summed E-state index contributed by atoms with van der Waals surface area (Å²) in [6.45, 7) is 8.00. The minimum atomic E-state index is -0.359. The normalized spacial score (nSPS) is 19.3. The van der Waals surface area contributed by atoms with Crippen LogP contribution in [-0.2, 0) is 16.6 Å². The number of carbonyl (C=O) groups excluding carboxylic acids is 1. The van der Waals surface area contributed by atoms with Crippen molar-refractivity contribution in [1.29, 1.82) is 0 Å². The van der Waals surface area contributed by atoms with E-state index in [0.29, 0.717) is 18.1 Å². The van der Waals surface area contributed by atoms with E-state index in [1.807, 2.05) is 0 Å². The second-order valence-electron chi connectivity index (χ2n) is 8.75. The lowest BCUT2D eigenvalue weighted by Gasteiger charge is -2.42. The molecule has 0 unspecified atom stereocenters. The van der Waals surface area contributed by atoms with Crippen LogP contribution < -0.4 is 0 Å². The van der Waals surface area contributed by atoms with Gasteiger partial charge in [-0.05, 0) is 69.3 Å². The maximum atomic E-state index is 11.8. The molecule has 2 aromatic rings. The summed E-state index contributed by atoms with van der Waals surface area (Å²) in [5.41, 5.74) is 3.44. The smallest absolute Gasteiger partial charge is 0.341 e. The van der Waals surface area contributed by atoms with Crippen LogP contribution in [0.1, 0.15) is 79.2 Å². The molecule has 2 aliphatic rings. The molecule has 1 saturated carbocycles. The fourth-order valence-electron chi connectivity index (χ4n) is 4.93. The summed E-state index contributed by atoms with van der Waals surface area (Å²) in [4.78, 5) is 23.3. The molecular weight excluding hydrogens is 374 g/mol. The first-order chi connectivity index (χ1) is 14.6. The van der Waals surface area contributed by atoms with Crippen molar-refractivity contribution in [1.82, 2.24) is 14.9 Å². The molecule has 0 N–H and O–H groups in total. The molecule has 30 heavy (non-hydrogen) atoms. The highest BCUT2D eigenvalue weighted by Gasteiger charge is 2.39. The Bertz CT molecular complexity index is 836. The van der Waals surface area contributed by atoms with Crippen LogP contribution in [0.15, 0.2) is 36.7 Å². The third kappa shape index (κ3) is 4.41. The SMILES string of the molecule is CCOC(=O)c1cnc(CC2(c3ccc(C4CCN(CC)CC4)cc3)CCC2)nc1. The summed E-state index contributed by atoms with van der Waals surface area (Å²) in [6, 6.07) is 9.39. The molecule has 0 bridgehead atoms. The van der Waals surface area contributed by atoms with Crippen molar-refractivity contribution in [3.63, 3.8) is 0 Å². The Kier molecular flexibility index (Phi) is 6.47. The van der Waals surface area contributed by atoms with E-state index in [9.17, 15) is 4.79 Å². The monoisotopic (exact) mass is 407 g/mol. The summed E-state index contributed by atoms with van der Waals surface area (Å²) >= 11 is 0. The first-order valence-corrected chi connectivity index (χ1v) is 11.4. The predicted molar refractivity (Wildman–Crippen MR) is 118 cm³/mol. The molecule has 160 valence electrons. The van der Waals surface area contributed by atoms with Gasteiger partial charge in [-0.3, -0.25) is 0 Å². The molecule has 4 rings (SSSR count). The van der Waals surface area contributed by atoms with Crippen LogP contribution in [0.5, 0.6) is 0 Å². The van der Waals surface area contributed by atoms with Crippen molar-refractivity contribution < 1.29 is 9.53 Å². The Hall–Kier alpha value is -2.27. The second-order valence-corrected chi connectivity index (χ2v) is 8.75. The molecule has 1 aromatic carbocycles. The molecule has 1 aromatic heterocycles. The molecule has 2 heterocycles. The standard InChI is InChI=1S/C25H33N3O2/c1-3-28-14-10-20(11-15-28)19-6-8-22(9-7-19)25(12-5-13-25)16-23-26-17-21(18-27-23)24(29)30-4-2/h6-9,17-18,20H,3-5,10-16H2,1-2H3. The van der Waals surface area contributed by atoms with Crippen molar-refractivity contribution in [3.8, 4) is 0 Å². The number of rotatable bonds is 7. The maximum absolute atomic E-state index is 11.8. The fourth-order valence-corrected chi connectivity index (χ4v) is 4.93. The molecule has 2 fully saturated rings. The van der Waals surface area contributed by atoms with Gasteiger partial charge in [-0.15, -0.1) is 0 Å². The Balaban J connectivity index is 1.43. The van der Waals surface area contributed by atoms with Crippen LogP contribution in [0.25, 0.3) is 0 Å². The maximum Gasteiger partial charge on any atom is 0.341 e. The minimum Gasteiger partial charge on any atom is -0.462 e. The Morgan fingerprint density at radius 1 is 1.10 bits per heavy atom. The van der Waals surface area contributed by atoms with E-state index in [0.717, 1.165) is 18.8 Å². The number of benzene rings is 1.